The van der Waals surface area contributed by atoms with Crippen LogP contribution in [0.5, 0.6) is 0 Å². The summed E-state index contributed by atoms with van der Waals surface area (Å²) < 4.78 is 19.4. The van der Waals surface area contributed by atoms with E-state index in [1.807, 2.05) is 4.90 Å². The first kappa shape index (κ1) is 20.8. The van der Waals surface area contributed by atoms with Gasteiger partial charge in [-0.25, -0.2) is 9.18 Å². The third-order valence-corrected chi connectivity index (χ3v) is 4.95. The van der Waals surface area contributed by atoms with Crippen molar-refractivity contribution >= 4 is 34.9 Å². The second kappa shape index (κ2) is 9.05. The van der Waals surface area contributed by atoms with Gasteiger partial charge in [0.15, 0.2) is 12.4 Å². The highest BCUT2D eigenvalue weighted by Gasteiger charge is 2.24. The molecule has 0 spiro atoms. The molecule has 1 aliphatic heterocycles. The monoisotopic (exact) mass is 418 g/mol. The zero-order valence-electron chi connectivity index (χ0n) is 15.9. The minimum atomic E-state index is -0.618. The maximum atomic E-state index is 14.3. The Morgan fingerprint density at radius 1 is 1.03 bits per heavy atom. The summed E-state index contributed by atoms with van der Waals surface area (Å²) in [6.45, 7) is 2.64. The highest BCUT2D eigenvalue weighted by Crippen LogP contribution is 2.22. The van der Waals surface area contributed by atoms with E-state index in [4.69, 9.17) is 16.3 Å². The topological polar surface area (TPSA) is 66.9 Å². The molecule has 1 aliphatic rings. The zero-order valence-corrected chi connectivity index (χ0v) is 16.6. The van der Waals surface area contributed by atoms with E-state index < -0.39 is 11.8 Å². The van der Waals surface area contributed by atoms with E-state index >= 15 is 0 Å². The fourth-order valence-electron chi connectivity index (χ4n) is 3.10. The molecule has 6 nitrogen and oxygen atoms in total. The van der Waals surface area contributed by atoms with Crippen LogP contribution < -0.4 is 4.90 Å². The van der Waals surface area contributed by atoms with E-state index in [0.717, 1.165) is 0 Å². The van der Waals surface area contributed by atoms with Gasteiger partial charge in [-0.2, -0.15) is 0 Å². The number of anilines is 1. The molecule has 152 valence electrons. The maximum Gasteiger partial charge on any atom is 0.338 e. The van der Waals surface area contributed by atoms with Crippen molar-refractivity contribution in [3.63, 3.8) is 0 Å². The number of Topliss-reactive ketones (excluding diaryl/α,β-unsaturated/α-hetero) is 1. The normalized spacial score (nSPS) is 13.9. The predicted molar refractivity (Wildman–Crippen MR) is 107 cm³/mol. The molecule has 1 saturated heterocycles. The highest BCUT2D eigenvalue weighted by atomic mass is 35.5. The van der Waals surface area contributed by atoms with Gasteiger partial charge in [0.1, 0.15) is 5.82 Å². The third kappa shape index (κ3) is 5.12. The molecule has 0 N–H and O–H groups in total. The Morgan fingerprint density at radius 2 is 1.76 bits per heavy atom. The highest BCUT2D eigenvalue weighted by molar-refractivity contribution is 6.30. The van der Waals surface area contributed by atoms with E-state index in [1.165, 1.54) is 19.1 Å². The van der Waals surface area contributed by atoms with Gasteiger partial charge in [0.05, 0.1) is 11.3 Å². The van der Waals surface area contributed by atoms with Crippen molar-refractivity contribution in [3.05, 3.63) is 64.4 Å². The molecule has 0 aromatic heterocycles. The van der Waals surface area contributed by atoms with Crippen LogP contribution in [-0.4, -0.2) is 55.3 Å². The van der Waals surface area contributed by atoms with E-state index in [0.29, 0.717) is 42.5 Å². The largest absolute Gasteiger partial charge is 0.452 e. The van der Waals surface area contributed by atoms with Crippen molar-refractivity contribution in [3.8, 4) is 0 Å². The molecule has 1 amide bonds. The quantitative estimate of drug-likeness (QED) is 0.551. The lowest BCUT2D eigenvalue weighted by Gasteiger charge is -2.36. The van der Waals surface area contributed by atoms with Gasteiger partial charge in [0, 0.05) is 36.8 Å². The van der Waals surface area contributed by atoms with Crippen LogP contribution in [0.4, 0.5) is 10.1 Å². The second-order valence-corrected chi connectivity index (χ2v) is 7.11. The number of carbonyl (C=O) groups is 3. The van der Waals surface area contributed by atoms with Gasteiger partial charge in [-0.3, -0.25) is 9.59 Å². The lowest BCUT2D eigenvalue weighted by molar-refractivity contribution is -0.134. The number of benzene rings is 2. The number of hydrogen-bond donors (Lipinski definition) is 0. The number of ether oxygens (including phenoxy) is 1. The van der Waals surface area contributed by atoms with Crippen LogP contribution in [0.25, 0.3) is 0 Å². The average Bonchev–Trinajstić information content (AvgIpc) is 2.71. The van der Waals surface area contributed by atoms with Crippen molar-refractivity contribution < 1.29 is 23.5 Å². The molecule has 29 heavy (non-hydrogen) atoms. The summed E-state index contributed by atoms with van der Waals surface area (Å²) in [5, 5.41) is 0.408. The van der Waals surface area contributed by atoms with Gasteiger partial charge >= 0.3 is 5.97 Å². The molecular formula is C21H20ClFN2O4. The van der Waals surface area contributed by atoms with Gasteiger partial charge in [-0.15, -0.1) is 0 Å². The number of halogens is 2. The third-order valence-electron chi connectivity index (χ3n) is 4.71. The summed E-state index contributed by atoms with van der Waals surface area (Å²) in [5.74, 6) is -1.59. The van der Waals surface area contributed by atoms with Crippen molar-refractivity contribution in [2.45, 2.75) is 6.92 Å². The van der Waals surface area contributed by atoms with E-state index in [-0.39, 0.29) is 23.9 Å². The molecule has 1 heterocycles. The minimum absolute atomic E-state index is 0.196. The molecule has 2 aromatic rings. The Labute approximate surface area is 172 Å². The SMILES string of the molecule is CC(=O)c1ccc(N2CCN(C(=O)COC(=O)c3cccc(Cl)c3)CC2)c(F)c1. The van der Waals surface area contributed by atoms with Crippen LogP contribution in [0.1, 0.15) is 27.6 Å². The number of piperazine rings is 1. The Morgan fingerprint density at radius 3 is 2.38 bits per heavy atom. The van der Waals surface area contributed by atoms with Crippen molar-refractivity contribution in [1.29, 1.82) is 0 Å². The van der Waals surface area contributed by atoms with E-state index in [2.05, 4.69) is 0 Å². The lowest BCUT2D eigenvalue weighted by atomic mass is 10.1. The molecule has 0 aliphatic carbocycles. The number of rotatable bonds is 5. The summed E-state index contributed by atoms with van der Waals surface area (Å²) in [5.41, 5.74) is 0.996. The van der Waals surface area contributed by atoms with Crippen LogP contribution in [0.2, 0.25) is 5.02 Å². The molecule has 3 rings (SSSR count). The Balaban J connectivity index is 1.52. The molecule has 0 radical (unpaired) electrons. The molecule has 0 saturated carbocycles. The number of amides is 1. The Hall–Kier alpha value is -2.93. The van der Waals surface area contributed by atoms with E-state index in [1.54, 1.807) is 35.2 Å². The summed E-state index contributed by atoms with van der Waals surface area (Å²) in [7, 11) is 0. The summed E-state index contributed by atoms with van der Waals surface area (Å²) in [4.78, 5) is 39.1. The van der Waals surface area contributed by atoms with E-state index in [9.17, 15) is 18.8 Å². The van der Waals surface area contributed by atoms with Crippen molar-refractivity contribution in [1.82, 2.24) is 4.90 Å². The maximum absolute atomic E-state index is 14.3. The van der Waals surface area contributed by atoms with Gasteiger partial charge in [-0.05, 0) is 43.3 Å². The number of hydrogen-bond acceptors (Lipinski definition) is 5. The van der Waals surface area contributed by atoms with Gasteiger partial charge in [0.2, 0.25) is 0 Å². The molecule has 1 fully saturated rings. The van der Waals surface area contributed by atoms with Crippen molar-refractivity contribution in [2.24, 2.45) is 0 Å². The summed E-state index contributed by atoms with van der Waals surface area (Å²) >= 11 is 5.84. The molecule has 0 unspecified atom stereocenters. The lowest BCUT2D eigenvalue weighted by Crippen LogP contribution is -2.50. The van der Waals surface area contributed by atoms with Crippen LogP contribution in [0.15, 0.2) is 42.5 Å². The number of esters is 1. The Kier molecular flexibility index (Phi) is 6.49. The Bertz CT molecular complexity index is 942. The number of carbonyl (C=O) groups excluding carboxylic acids is 3. The zero-order chi connectivity index (χ0) is 21.0. The molecule has 0 atom stereocenters. The molecule has 0 bridgehead atoms. The first-order valence-electron chi connectivity index (χ1n) is 9.11. The van der Waals surface area contributed by atoms with Crippen LogP contribution >= 0.6 is 11.6 Å². The van der Waals surface area contributed by atoms with Gasteiger partial charge < -0.3 is 14.5 Å². The smallest absolute Gasteiger partial charge is 0.338 e. The minimum Gasteiger partial charge on any atom is -0.452 e. The summed E-state index contributed by atoms with van der Waals surface area (Å²) in [6, 6.07) is 10.7. The summed E-state index contributed by atoms with van der Waals surface area (Å²) in [6.07, 6.45) is 0. The van der Waals surface area contributed by atoms with Crippen LogP contribution in [-0.2, 0) is 9.53 Å². The van der Waals surface area contributed by atoms with Gasteiger partial charge in [-0.1, -0.05) is 17.7 Å². The predicted octanol–water partition coefficient (Wildman–Crippen LogP) is 3.19. The van der Waals surface area contributed by atoms with Crippen LogP contribution in [0.3, 0.4) is 0 Å². The van der Waals surface area contributed by atoms with Crippen LogP contribution in [0, 0.1) is 5.82 Å². The number of nitrogens with zero attached hydrogens (tertiary/aromatic N) is 2. The second-order valence-electron chi connectivity index (χ2n) is 6.68. The molecule has 2 aromatic carbocycles. The standard InChI is InChI=1S/C21H20ClFN2O4/c1-14(26)15-5-6-19(18(23)12-15)24-7-9-25(10-8-24)20(27)13-29-21(28)16-3-2-4-17(22)11-16/h2-6,11-12H,7-10,13H2,1H3. The molecule has 8 heteroatoms. The van der Waals surface area contributed by atoms with Crippen molar-refractivity contribution in [2.75, 3.05) is 37.7 Å². The fourth-order valence-corrected chi connectivity index (χ4v) is 3.29. The first-order chi connectivity index (χ1) is 13.8. The first-order valence-corrected chi connectivity index (χ1v) is 9.49. The fraction of sp³-hybridized carbons (Fsp3) is 0.286. The number of ketones is 1. The molecular weight excluding hydrogens is 399 g/mol. The average molecular weight is 419 g/mol. The van der Waals surface area contributed by atoms with Gasteiger partial charge in [0.25, 0.3) is 5.91 Å².